The van der Waals surface area contributed by atoms with E-state index in [0.29, 0.717) is 23.7 Å². The van der Waals surface area contributed by atoms with Gasteiger partial charge in [0.1, 0.15) is 0 Å². The predicted molar refractivity (Wildman–Crippen MR) is 164 cm³/mol. The fourth-order valence-electron chi connectivity index (χ4n) is 12.2. The predicted octanol–water partition coefficient (Wildman–Crippen LogP) is 9.20. The van der Waals surface area contributed by atoms with E-state index in [2.05, 4.69) is 77.8 Å². The van der Waals surface area contributed by atoms with Crippen LogP contribution in [0.2, 0.25) is 0 Å². The molecule has 0 amide bonds. The number of allylic oxidation sites excluding steroid dienone is 1. The number of hydrogen-bond acceptors (Lipinski definition) is 3. The van der Waals surface area contributed by atoms with Crippen molar-refractivity contribution in [2.45, 2.75) is 106 Å². The topological polar surface area (TPSA) is 61.7 Å². The van der Waals surface area contributed by atoms with Gasteiger partial charge in [-0.3, -0.25) is 10.2 Å². The fraction of sp³-hybridized carbons (Fsp3) is 0.722. The minimum Gasteiger partial charge on any atom is -0.481 e. The number of fused-ring (bicyclic) bond motifs is 7. The molecule has 4 heteroatoms. The molecule has 5 aliphatic carbocycles. The molecule has 4 unspecified atom stereocenters. The summed E-state index contributed by atoms with van der Waals surface area (Å²) >= 11 is 0. The second-order valence-electron chi connectivity index (χ2n) is 15.9. The highest BCUT2D eigenvalue weighted by atomic mass is 16.4. The molecule has 2 N–H and O–H groups in total. The zero-order valence-corrected chi connectivity index (χ0v) is 25.9. The molecule has 9 atom stereocenters. The molecule has 6 rings (SSSR count). The van der Waals surface area contributed by atoms with Crippen LogP contribution < -0.4 is 5.43 Å². The Bertz CT molecular complexity index is 1220. The number of carboxylic acids is 1. The van der Waals surface area contributed by atoms with E-state index in [0.717, 1.165) is 37.8 Å². The van der Waals surface area contributed by atoms with E-state index < -0.39 is 11.4 Å². The normalized spacial score (nSPS) is 46.5. The number of hydrogen-bond donors (Lipinski definition) is 2. The van der Waals surface area contributed by atoms with Gasteiger partial charge in [0.2, 0.25) is 0 Å². The van der Waals surface area contributed by atoms with Crippen molar-refractivity contribution in [1.82, 2.24) is 0 Å². The van der Waals surface area contributed by atoms with Crippen molar-refractivity contribution < 1.29 is 9.90 Å². The number of carbonyl (C=O) groups is 1. The Labute approximate surface area is 242 Å². The third kappa shape index (κ3) is 3.62. The molecule has 0 radical (unpaired) electrons. The van der Waals surface area contributed by atoms with E-state index in [9.17, 15) is 9.90 Å². The summed E-state index contributed by atoms with van der Waals surface area (Å²) in [5, 5.41) is 15.6. The summed E-state index contributed by atoms with van der Waals surface area (Å²) in [7, 11) is 0. The highest BCUT2D eigenvalue weighted by molar-refractivity contribution is 5.91. The van der Waals surface area contributed by atoms with Gasteiger partial charge in [-0.15, -0.1) is 0 Å². The monoisotopic (exact) mass is 544 g/mol. The van der Waals surface area contributed by atoms with Crippen LogP contribution in [0.25, 0.3) is 0 Å². The molecule has 4 nitrogen and oxygen atoms in total. The van der Waals surface area contributed by atoms with Crippen LogP contribution in [0.4, 0.5) is 5.69 Å². The van der Waals surface area contributed by atoms with Gasteiger partial charge in [-0.2, -0.15) is 5.10 Å². The van der Waals surface area contributed by atoms with E-state index in [1.807, 2.05) is 6.07 Å². The molecule has 1 aromatic carbocycles. The number of rotatable bonds is 4. The molecule has 0 heterocycles. The molecule has 0 saturated heterocycles. The number of aliphatic carboxylic acids is 1. The highest BCUT2D eigenvalue weighted by Gasteiger charge is 2.71. The SMILES string of the molecule is C=C(C)[C@@H]1CC[C@]2(C(=O)O)CC[C@]3(C)C(CCC4[C@@]5(C)CC/C(=N\Nc6ccccc6)C(C)(C)C5CC[C@]43C)C12. The molecular formula is C36H52N2O2. The molecule has 0 bridgehead atoms. The maximum atomic E-state index is 12.9. The van der Waals surface area contributed by atoms with Crippen LogP contribution in [0.1, 0.15) is 106 Å². The Kier molecular flexibility index (Phi) is 6.45. The number of hydrazone groups is 1. The van der Waals surface area contributed by atoms with Crippen molar-refractivity contribution in [2.75, 3.05) is 5.43 Å². The summed E-state index contributed by atoms with van der Waals surface area (Å²) in [5.74, 6) is 1.83. The smallest absolute Gasteiger partial charge is 0.309 e. The maximum absolute atomic E-state index is 12.9. The summed E-state index contributed by atoms with van der Waals surface area (Å²) in [4.78, 5) is 12.9. The first kappa shape index (κ1) is 28.0. The molecule has 5 saturated carbocycles. The molecular weight excluding hydrogens is 492 g/mol. The lowest BCUT2D eigenvalue weighted by atomic mass is 9.32. The molecule has 5 aliphatic rings. The first-order valence-corrected chi connectivity index (χ1v) is 16.1. The van der Waals surface area contributed by atoms with Crippen LogP contribution in [-0.2, 0) is 4.79 Å². The Balaban J connectivity index is 1.32. The zero-order valence-electron chi connectivity index (χ0n) is 25.9. The standard InChI is InChI=1S/C36H52N2O2/c1-23(2)25-15-20-36(31(39)40)22-21-34(6)26(30(25)36)13-14-28-33(5)18-17-29(38-37-24-11-9-8-10-12-24)32(3,4)27(33)16-19-35(28,34)7/h8-12,25-28,30,37H,1,13-22H2,2-7H3,(H,39,40)/b38-29+/t25-,26?,27?,28?,30?,33-,34+,35+,36-/m0/s1. The van der Waals surface area contributed by atoms with Crippen molar-refractivity contribution in [3.63, 3.8) is 0 Å². The molecule has 218 valence electrons. The van der Waals surface area contributed by atoms with Gasteiger partial charge in [-0.1, -0.05) is 65.0 Å². The largest absolute Gasteiger partial charge is 0.481 e. The molecule has 0 aliphatic heterocycles. The van der Waals surface area contributed by atoms with E-state index in [4.69, 9.17) is 5.10 Å². The lowest BCUT2D eigenvalue weighted by Crippen LogP contribution is -2.66. The van der Waals surface area contributed by atoms with Gasteiger partial charge in [-0.05, 0) is 129 Å². The van der Waals surface area contributed by atoms with Crippen molar-refractivity contribution in [1.29, 1.82) is 0 Å². The number of nitrogens with one attached hydrogen (secondary N) is 1. The Morgan fingerprint density at radius 3 is 2.30 bits per heavy atom. The summed E-state index contributed by atoms with van der Waals surface area (Å²) in [5.41, 5.74) is 7.16. The van der Waals surface area contributed by atoms with Gasteiger partial charge in [0.15, 0.2) is 0 Å². The molecule has 40 heavy (non-hydrogen) atoms. The molecule has 0 aromatic heterocycles. The average molecular weight is 545 g/mol. The third-order valence-corrected chi connectivity index (χ3v) is 14.4. The van der Waals surface area contributed by atoms with Gasteiger partial charge < -0.3 is 5.11 Å². The summed E-state index contributed by atoms with van der Waals surface area (Å²) in [6.45, 7) is 19.3. The van der Waals surface area contributed by atoms with Crippen molar-refractivity contribution in [3.8, 4) is 0 Å². The second-order valence-corrected chi connectivity index (χ2v) is 15.9. The van der Waals surface area contributed by atoms with E-state index in [1.165, 1.54) is 43.4 Å². The van der Waals surface area contributed by atoms with E-state index >= 15 is 0 Å². The minimum atomic E-state index is -0.540. The first-order chi connectivity index (χ1) is 18.8. The van der Waals surface area contributed by atoms with Crippen LogP contribution in [0.15, 0.2) is 47.6 Å². The van der Waals surface area contributed by atoms with Gasteiger partial charge in [-0.25, -0.2) is 0 Å². The van der Waals surface area contributed by atoms with Crippen LogP contribution in [0.5, 0.6) is 0 Å². The van der Waals surface area contributed by atoms with Crippen LogP contribution >= 0.6 is 0 Å². The number of nitrogens with zero attached hydrogens (tertiary/aromatic N) is 1. The Morgan fingerprint density at radius 1 is 0.900 bits per heavy atom. The number of anilines is 1. The third-order valence-electron chi connectivity index (χ3n) is 14.4. The average Bonchev–Trinajstić information content (AvgIpc) is 3.31. The molecule has 1 aromatic rings. The number of benzene rings is 1. The molecule has 0 spiro atoms. The van der Waals surface area contributed by atoms with Gasteiger partial charge in [0.05, 0.1) is 11.1 Å². The van der Waals surface area contributed by atoms with Crippen LogP contribution in [0.3, 0.4) is 0 Å². The summed E-state index contributed by atoms with van der Waals surface area (Å²) in [6.07, 6.45) is 10.9. The Hall–Kier alpha value is -2.10. The minimum absolute atomic E-state index is 0.0510. The lowest BCUT2D eigenvalue weighted by molar-refractivity contribution is -0.230. The maximum Gasteiger partial charge on any atom is 0.309 e. The van der Waals surface area contributed by atoms with Gasteiger partial charge in [0, 0.05) is 11.1 Å². The highest BCUT2D eigenvalue weighted by Crippen LogP contribution is 2.77. The number of carboxylic acid groups (broad SMARTS) is 1. The van der Waals surface area contributed by atoms with Crippen molar-refractivity contribution in [3.05, 3.63) is 42.5 Å². The van der Waals surface area contributed by atoms with Crippen molar-refractivity contribution in [2.24, 2.45) is 61.8 Å². The second kappa shape index (κ2) is 9.20. The van der Waals surface area contributed by atoms with Crippen LogP contribution in [-0.4, -0.2) is 16.8 Å². The van der Waals surface area contributed by atoms with Gasteiger partial charge >= 0.3 is 5.97 Å². The molecule has 5 fully saturated rings. The quantitative estimate of drug-likeness (QED) is 0.293. The number of para-hydroxylation sites is 1. The zero-order chi connectivity index (χ0) is 28.7. The first-order valence-electron chi connectivity index (χ1n) is 16.1. The van der Waals surface area contributed by atoms with E-state index in [-0.39, 0.29) is 27.6 Å². The van der Waals surface area contributed by atoms with Crippen LogP contribution in [0, 0.1) is 56.7 Å². The van der Waals surface area contributed by atoms with Crippen molar-refractivity contribution >= 4 is 17.4 Å². The Morgan fingerprint density at radius 2 is 1.62 bits per heavy atom. The lowest BCUT2D eigenvalue weighted by Gasteiger charge is -2.72. The van der Waals surface area contributed by atoms with E-state index in [1.54, 1.807) is 0 Å². The fourth-order valence-corrected chi connectivity index (χ4v) is 12.2. The summed E-state index contributed by atoms with van der Waals surface area (Å²) < 4.78 is 0. The van der Waals surface area contributed by atoms with Gasteiger partial charge in [0.25, 0.3) is 0 Å². The summed E-state index contributed by atoms with van der Waals surface area (Å²) in [6, 6.07) is 10.3.